The molecule has 0 spiro atoms. The summed E-state index contributed by atoms with van der Waals surface area (Å²) in [6.45, 7) is 1.55. The minimum Gasteiger partial charge on any atom is -0.508 e. The number of rotatable bonds is 3. The van der Waals surface area contributed by atoms with Crippen molar-refractivity contribution in [3.8, 4) is 5.75 Å². The van der Waals surface area contributed by atoms with Crippen LogP contribution in [0.2, 0.25) is 0 Å². The Kier molecular flexibility index (Phi) is 5.15. The second-order valence-electron chi connectivity index (χ2n) is 8.48. The molecule has 6 rings (SSSR count). The summed E-state index contributed by atoms with van der Waals surface area (Å²) in [5.74, 6) is -0.845. The van der Waals surface area contributed by atoms with Crippen molar-refractivity contribution in [3.63, 3.8) is 0 Å². The van der Waals surface area contributed by atoms with Crippen LogP contribution in [0, 0.1) is 0 Å². The minimum atomic E-state index is -0.495. The van der Waals surface area contributed by atoms with E-state index in [1.165, 1.54) is 12.1 Å². The third kappa shape index (κ3) is 3.64. The van der Waals surface area contributed by atoms with Crippen LogP contribution in [0.1, 0.15) is 12.5 Å². The van der Waals surface area contributed by atoms with Gasteiger partial charge in [0.1, 0.15) is 17.8 Å². The van der Waals surface area contributed by atoms with E-state index < -0.39 is 11.8 Å². The first kappa shape index (κ1) is 22.1. The molecule has 2 aromatic heterocycles. The van der Waals surface area contributed by atoms with Gasteiger partial charge in [-0.15, -0.1) is 0 Å². The number of carbonyl (C=O) groups is 2. The van der Waals surface area contributed by atoms with Crippen molar-refractivity contribution in [3.05, 3.63) is 82.3 Å². The van der Waals surface area contributed by atoms with E-state index in [0.29, 0.717) is 28.0 Å². The second-order valence-corrected chi connectivity index (χ2v) is 9.39. The van der Waals surface area contributed by atoms with Crippen LogP contribution in [0.3, 0.4) is 0 Å². The second kappa shape index (κ2) is 8.39. The van der Waals surface area contributed by atoms with Crippen molar-refractivity contribution in [1.82, 2.24) is 19.5 Å². The van der Waals surface area contributed by atoms with E-state index in [4.69, 9.17) is 9.97 Å². The Bertz CT molecular complexity index is 1790. The quantitative estimate of drug-likeness (QED) is 0.324. The summed E-state index contributed by atoms with van der Waals surface area (Å²) in [5.41, 5.74) is 4.98. The van der Waals surface area contributed by atoms with E-state index in [9.17, 15) is 14.7 Å². The van der Waals surface area contributed by atoms with Gasteiger partial charge in [0, 0.05) is 9.86 Å². The zero-order chi connectivity index (χ0) is 25.0. The Hall–Kier alpha value is -4.37. The number of imide groups is 1. The average Bonchev–Trinajstić information content (AvgIpc) is 3.32. The van der Waals surface area contributed by atoms with Gasteiger partial charge in [0.05, 0.1) is 27.8 Å². The number of phenolic OH excluding ortho intramolecular Hbond substituents is 1. The van der Waals surface area contributed by atoms with Crippen molar-refractivity contribution in [2.75, 3.05) is 0 Å². The molecule has 1 aliphatic rings. The number of fused-ring (bicyclic) bond motifs is 4. The third-order valence-electron chi connectivity index (χ3n) is 6.11. The summed E-state index contributed by atoms with van der Waals surface area (Å²) >= 11 is 3.52. The number of aromatic nitrogens is 3. The van der Waals surface area contributed by atoms with Gasteiger partial charge in [-0.05, 0) is 61.0 Å². The number of aromatic hydroxyl groups is 1. The fraction of sp³-hybridized carbons (Fsp3) is 0.0741. The summed E-state index contributed by atoms with van der Waals surface area (Å²) in [7, 11) is 0. The number of hydrogen-bond acceptors (Lipinski definition) is 6. The number of halogens is 1. The first-order valence-corrected chi connectivity index (χ1v) is 12.0. The number of amides is 2. The van der Waals surface area contributed by atoms with E-state index >= 15 is 0 Å². The Morgan fingerprint density at radius 1 is 1.03 bits per heavy atom. The lowest BCUT2D eigenvalue weighted by Gasteiger charge is -2.12. The number of benzene rings is 3. The van der Waals surface area contributed by atoms with Crippen molar-refractivity contribution >= 4 is 72.6 Å². The van der Waals surface area contributed by atoms with Gasteiger partial charge in [-0.3, -0.25) is 9.59 Å². The molecular weight excluding hydrogens is 522 g/mol. The Balaban J connectivity index is 1.40. The molecule has 0 fully saturated rings. The summed E-state index contributed by atoms with van der Waals surface area (Å²) in [4.78, 5) is 36.1. The van der Waals surface area contributed by atoms with Gasteiger partial charge in [-0.2, -0.15) is 10.1 Å². The fourth-order valence-electron chi connectivity index (χ4n) is 4.36. The van der Waals surface area contributed by atoms with Gasteiger partial charge >= 0.3 is 0 Å². The maximum atomic E-state index is 13.4. The molecule has 2 amide bonds. The molecule has 0 saturated heterocycles. The molecule has 0 atom stereocenters. The van der Waals surface area contributed by atoms with Crippen molar-refractivity contribution in [2.24, 2.45) is 5.10 Å². The normalized spacial score (nSPS) is 14.9. The number of phenols is 1. The van der Waals surface area contributed by atoms with Crippen LogP contribution in [-0.2, 0) is 16.1 Å². The first-order valence-electron chi connectivity index (χ1n) is 11.2. The first-order chi connectivity index (χ1) is 17.4. The van der Waals surface area contributed by atoms with Crippen molar-refractivity contribution in [2.45, 2.75) is 13.5 Å². The predicted molar refractivity (Wildman–Crippen MR) is 141 cm³/mol. The molecule has 1 aliphatic heterocycles. The fourth-order valence-corrected chi connectivity index (χ4v) is 4.72. The zero-order valence-corrected chi connectivity index (χ0v) is 20.6. The molecule has 0 aliphatic carbocycles. The van der Waals surface area contributed by atoms with E-state index in [0.717, 1.165) is 31.5 Å². The van der Waals surface area contributed by atoms with Gasteiger partial charge in [0.25, 0.3) is 11.8 Å². The topological polar surface area (TPSA) is 101 Å². The monoisotopic (exact) mass is 539 g/mol. The van der Waals surface area contributed by atoms with Crippen LogP contribution in [0.15, 0.2) is 81.9 Å². The standard InChI is InChI=1S/C27H18BrN5O3/c1-15-19(12-16-6-9-18(34)10-7-16)27(36)33(31-15)24(35)14-32-23-11-8-17(28)13-20(23)25-26(32)30-22-5-3-2-4-21(22)29-25/h2-13,34H,14H2,1H3/b19-12+. The average molecular weight is 540 g/mol. The largest absolute Gasteiger partial charge is 0.508 e. The smallest absolute Gasteiger partial charge is 0.283 e. The van der Waals surface area contributed by atoms with Crippen LogP contribution in [-0.4, -0.2) is 42.2 Å². The molecule has 0 unspecified atom stereocenters. The van der Waals surface area contributed by atoms with E-state index in [2.05, 4.69) is 21.0 Å². The summed E-state index contributed by atoms with van der Waals surface area (Å²) < 4.78 is 2.66. The molecule has 36 heavy (non-hydrogen) atoms. The van der Waals surface area contributed by atoms with Crippen LogP contribution in [0.25, 0.3) is 39.2 Å². The molecule has 8 nitrogen and oxygen atoms in total. The molecule has 1 N–H and O–H groups in total. The summed E-state index contributed by atoms with van der Waals surface area (Å²) in [6.07, 6.45) is 1.66. The SMILES string of the molecule is CC1=NN(C(=O)Cn2c3ccc(Br)cc3c3nc4ccccc4nc32)C(=O)/C1=C/c1ccc(O)cc1. The highest BCUT2D eigenvalue weighted by Gasteiger charge is 2.33. The van der Waals surface area contributed by atoms with Crippen LogP contribution in [0.5, 0.6) is 5.75 Å². The lowest BCUT2D eigenvalue weighted by molar-refractivity contribution is -0.141. The molecule has 3 aromatic carbocycles. The summed E-state index contributed by atoms with van der Waals surface area (Å²) in [5, 5.41) is 15.5. The van der Waals surface area contributed by atoms with Gasteiger partial charge in [0.15, 0.2) is 5.65 Å². The van der Waals surface area contributed by atoms with E-state index in [1.54, 1.807) is 29.7 Å². The van der Waals surface area contributed by atoms with E-state index in [1.807, 2.05) is 42.5 Å². The number of hydrogen-bond donors (Lipinski definition) is 1. The minimum absolute atomic E-state index is 0.131. The van der Waals surface area contributed by atoms with Crippen molar-refractivity contribution in [1.29, 1.82) is 0 Å². The number of carbonyl (C=O) groups excluding carboxylic acids is 2. The number of para-hydroxylation sites is 2. The number of hydrazone groups is 1. The van der Waals surface area contributed by atoms with Gasteiger partial charge in [-0.1, -0.05) is 40.2 Å². The highest BCUT2D eigenvalue weighted by molar-refractivity contribution is 9.10. The van der Waals surface area contributed by atoms with Gasteiger partial charge < -0.3 is 9.67 Å². The molecule has 9 heteroatoms. The maximum Gasteiger partial charge on any atom is 0.283 e. The van der Waals surface area contributed by atoms with Crippen molar-refractivity contribution < 1.29 is 14.7 Å². The van der Waals surface area contributed by atoms with E-state index in [-0.39, 0.29) is 12.3 Å². The highest BCUT2D eigenvalue weighted by Crippen LogP contribution is 2.31. The lowest BCUT2D eigenvalue weighted by Crippen LogP contribution is -2.32. The molecule has 0 saturated carbocycles. The van der Waals surface area contributed by atoms with Crippen LogP contribution >= 0.6 is 15.9 Å². The zero-order valence-electron chi connectivity index (χ0n) is 19.0. The summed E-state index contributed by atoms with van der Waals surface area (Å²) in [6, 6.07) is 19.8. The maximum absolute atomic E-state index is 13.4. The molecule has 0 radical (unpaired) electrons. The number of nitrogens with zero attached hydrogens (tertiary/aromatic N) is 5. The molecular formula is C27H18BrN5O3. The predicted octanol–water partition coefficient (Wildman–Crippen LogP) is 5.03. The van der Waals surface area contributed by atoms with Gasteiger partial charge in [-0.25, -0.2) is 9.97 Å². The Labute approximate surface area is 213 Å². The molecule has 5 aromatic rings. The highest BCUT2D eigenvalue weighted by atomic mass is 79.9. The van der Waals surface area contributed by atoms with Crippen LogP contribution in [0.4, 0.5) is 0 Å². The Morgan fingerprint density at radius 2 is 1.75 bits per heavy atom. The Morgan fingerprint density at radius 3 is 2.50 bits per heavy atom. The molecule has 0 bridgehead atoms. The molecule has 3 heterocycles. The lowest BCUT2D eigenvalue weighted by atomic mass is 10.1. The van der Waals surface area contributed by atoms with Gasteiger partial charge in [0.2, 0.25) is 0 Å². The third-order valence-corrected chi connectivity index (χ3v) is 6.60. The molecule has 176 valence electrons. The van der Waals surface area contributed by atoms with Crippen LogP contribution < -0.4 is 0 Å².